The highest BCUT2D eigenvalue weighted by Crippen LogP contribution is 2.18. The first-order valence-electron chi connectivity index (χ1n) is 7.28. The minimum atomic E-state index is -0.157. The molecule has 0 aliphatic carbocycles. The molecule has 1 heterocycles. The van der Waals surface area contributed by atoms with Gasteiger partial charge in [0.2, 0.25) is 11.8 Å². The van der Waals surface area contributed by atoms with E-state index in [0.717, 1.165) is 22.9 Å². The zero-order valence-corrected chi connectivity index (χ0v) is 12.7. The molecular weight excluding hydrogens is 266 g/mol. The highest BCUT2D eigenvalue weighted by molar-refractivity contribution is 5.93. The van der Waals surface area contributed by atoms with E-state index in [1.54, 1.807) is 6.20 Å². The standard InChI is InChI=1S/C16H21N3O2/c1-4-12(3)18-15(20)8-9-16(21)19-14-7-5-6-11(2)13(14)10-17-19/h5-7,10,12H,4,8-9H2,1-3H3,(H,18,20). The Bertz CT molecular complexity index is 661. The van der Waals surface area contributed by atoms with Crippen LogP contribution in [0, 0.1) is 6.92 Å². The lowest BCUT2D eigenvalue weighted by Gasteiger charge is -2.10. The Labute approximate surface area is 124 Å². The van der Waals surface area contributed by atoms with Gasteiger partial charge >= 0.3 is 0 Å². The molecule has 112 valence electrons. The number of hydrogen-bond donors (Lipinski definition) is 1. The summed E-state index contributed by atoms with van der Waals surface area (Å²) in [4.78, 5) is 23.9. The van der Waals surface area contributed by atoms with E-state index in [0.29, 0.717) is 0 Å². The molecule has 1 aromatic carbocycles. The summed E-state index contributed by atoms with van der Waals surface area (Å²) in [5.74, 6) is -0.250. The van der Waals surface area contributed by atoms with E-state index in [9.17, 15) is 9.59 Å². The van der Waals surface area contributed by atoms with Gasteiger partial charge in [-0.15, -0.1) is 0 Å². The molecule has 0 fully saturated rings. The minimum Gasteiger partial charge on any atom is -0.354 e. The van der Waals surface area contributed by atoms with Gasteiger partial charge in [0.15, 0.2) is 0 Å². The summed E-state index contributed by atoms with van der Waals surface area (Å²) in [6.45, 7) is 5.94. The molecule has 1 aromatic heterocycles. The molecule has 0 saturated carbocycles. The molecule has 1 atom stereocenters. The molecule has 0 aliphatic rings. The number of hydrogen-bond acceptors (Lipinski definition) is 3. The van der Waals surface area contributed by atoms with Crippen molar-refractivity contribution in [3.8, 4) is 0 Å². The topological polar surface area (TPSA) is 64.0 Å². The Morgan fingerprint density at radius 2 is 2.10 bits per heavy atom. The summed E-state index contributed by atoms with van der Waals surface area (Å²) >= 11 is 0. The lowest BCUT2D eigenvalue weighted by atomic mass is 10.1. The number of fused-ring (bicyclic) bond motifs is 1. The van der Waals surface area contributed by atoms with Crippen molar-refractivity contribution in [2.24, 2.45) is 0 Å². The van der Waals surface area contributed by atoms with Crippen LogP contribution in [-0.4, -0.2) is 27.6 Å². The number of amides is 1. The van der Waals surface area contributed by atoms with Crippen molar-refractivity contribution in [3.05, 3.63) is 30.0 Å². The van der Waals surface area contributed by atoms with Gasteiger partial charge in [0.1, 0.15) is 0 Å². The maximum atomic E-state index is 12.2. The van der Waals surface area contributed by atoms with Crippen LogP contribution in [0.3, 0.4) is 0 Å². The van der Waals surface area contributed by atoms with Gasteiger partial charge in [-0.2, -0.15) is 5.10 Å². The van der Waals surface area contributed by atoms with Crippen molar-refractivity contribution in [1.82, 2.24) is 15.1 Å². The van der Waals surface area contributed by atoms with Crippen molar-refractivity contribution >= 4 is 22.7 Å². The van der Waals surface area contributed by atoms with E-state index in [4.69, 9.17) is 0 Å². The Balaban J connectivity index is 2.03. The first-order chi connectivity index (χ1) is 10.0. The van der Waals surface area contributed by atoms with E-state index in [1.807, 2.05) is 39.0 Å². The summed E-state index contributed by atoms with van der Waals surface area (Å²) in [5, 5.41) is 7.97. The monoisotopic (exact) mass is 287 g/mol. The van der Waals surface area contributed by atoms with E-state index in [2.05, 4.69) is 10.4 Å². The maximum Gasteiger partial charge on any atom is 0.247 e. The van der Waals surface area contributed by atoms with Crippen LogP contribution in [0.25, 0.3) is 10.9 Å². The smallest absolute Gasteiger partial charge is 0.247 e. The molecule has 0 radical (unpaired) electrons. The van der Waals surface area contributed by atoms with Crippen LogP contribution >= 0.6 is 0 Å². The van der Waals surface area contributed by atoms with Crippen LogP contribution < -0.4 is 5.32 Å². The van der Waals surface area contributed by atoms with Gasteiger partial charge in [0, 0.05) is 24.3 Å². The van der Waals surface area contributed by atoms with Crippen LogP contribution in [-0.2, 0) is 4.79 Å². The average molecular weight is 287 g/mol. The SMILES string of the molecule is CCC(C)NC(=O)CCC(=O)n1ncc2c(C)cccc21. The van der Waals surface area contributed by atoms with E-state index in [-0.39, 0.29) is 30.7 Å². The summed E-state index contributed by atoms with van der Waals surface area (Å²) < 4.78 is 1.39. The molecule has 0 spiro atoms. The van der Waals surface area contributed by atoms with Gasteiger partial charge in [-0.25, -0.2) is 4.68 Å². The number of nitrogens with one attached hydrogen (secondary N) is 1. The van der Waals surface area contributed by atoms with Gasteiger partial charge < -0.3 is 5.32 Å². The number of benzene rings is 1. The summed E-state index contributed by atoms with van der Waals surface area (Å²) in [6.07, 6.45) is 2.92. The van der Waals surface area contributed by atoms with Crippen LogP contribution in [0.15, 0.2) is 24.4 Å². The van der Waals surface area contributed by atoms with Gasteiger partial charge in [-0.05, 0) is 31.9 Å². The molecule has 1 amide bonds. The Morgan fingerprint density at radius 3 is 2.81 bits per heavy atom. The third-order valence-corrected chi connectivity index (χ3v) is 3.65. The van der Waals surface area contributed by atoms with Crippen molar-refractivity contribution in [3.63, 3.8) is 0 Å². The van der Waals surface area contributed by atoms with E-state index < -0.39 is 0 Å². The molecule has 5 heteroatoms. The summed E-state index contributed by atoms with van der Waals surface area (Å²) in [5.41, 5.74) is 1.88. The highest BCUT2D eigenvalue weighted by Gasteiger charge is 2.14. The molecule has 1 unspecified atom stereocenters. The van der Waals surface area contributed by atoms with Crippen LogP contribution in [0.1, 0.15) is 43.5 Å². The summed E-state index contributed by atoms with van der Waals surface area (Å²) in [7, 11) is 0. The lowest BCUT2D eigenvalue weighted by molar-refractivity contribution is -0.121. The molecule has 21 heavy (non-hydrogen) atoms. The fraction of sp³-hybridized carbons (Fsp3) is 0.438. The average Bonchev–Trinajstić information content (AvgIpc) is 2.90. The number of carbonyl (C=O) groups is 2. The third-order valence-electron chi connectivity index (χ3n) is 3.65. The first-order valence-corrected chi connectivity index (χ1v) is 7.28. The fourth-order valence-corrected chi connectivity index (χ4v) is 2.17. The van der Waals surface area contributed by atoms with Crippen LogP contribution in [0.2, 0.25) is 0 Å². The molecule has 2 rings (SSSR count). The molecule has 5 nitrogen and oxygen atoms in total. The van der Waals surface area contributed by atoms with Crippen molar-refractivity contribution in [2.75, 3.05) is 0 Å². The van der Waals surface area contributed by atoms with Gasteiger partial charge in [-0.3, -0.25) is 9.59 Å². The number of aromatic nitrogens is 2. The zero-order chi connectivity index (χ0) is 15.4. The molecular formula is C16H21N3O2. The summed E-state index contributed by atoms with van der Waals surface area (Å²) in [6, 6.07) is 5.89. The van der Waals surface area contributed by atoms with E-state index in [1.165, 1.54) is 4.68 Å². The first kappa shape index (κ1) is 15.2. The van der Waals surface area contributed by atoms with Gasteiger partial charge in [0.05, 0.1) is 11.7 Å². The molecule has 0 bridgehead atoms. The molecule has 2 aromatic rings. The van der Waals surface area contributed by atoms with Gasteiger partial charge in [0.25, 0.3) is 0 Å². The Kier molecular flexibility index (Phi) is 4.73. The van der Waals surface area contributed by atoms with Crippen molar-refractivity contribution in [2.45, 2.75) is 46.1 Å². The predicted octanol–water partition coefficient (Wildman–Crippen LogP) is 2.68. The quantitative estimate of drug-likeness (QED) is 0.919. The second-order valence-electron chi connectivity index (χ2n) is 5.33. The fourth-order valence-electron chi connectivity index (χ4n) is 2.17. The van der Waals surface area contributed by atoms with Crippen molar-refractivity contribution in [1.29, 1.82) is 0 Å². The second kappa shape index (κ2) is 6.52. The predicted molar refractivity (Wildman–Crippen MR) is 82.2 cm³/mol. The van der Waals surface area contributed by atoms with Gasteiger partial charge in [-0.1, -0.05) is 19.1 Å². The largest absolute Gasteiger partial charge is 0.354 e. The Hall–Kier alpha value is -2.17. The molecule has 0 saturated heterocycles. The third kappa shape index (κ3) is 3.48. The zero-order valence-electron chi connectivity index (χ0n) is 12.7. The lowest BCUT2D eigenvalue weighted by Crippen LogP contribution is -2.32. The number of carbonyl (C=O) groups excluding carboxylic acids is 2. The number of aryl methyl sites for hydroxylation is 1. The normalized spacial score (nSPS) is 12.3. The maximum absolute atomic E-state index is 12.2. The van der Waals surface area contributed by atoms with Crippen LogP contribution in [0.5, 0.6) is 0 Å². The second-order valence-corrected chi connectivity index (χ2v) is 5.33. The van der Waals surface area contributed by atoms with Crippen molar-refractivity contribution < 1.29 is 9.59 Å². The number of nitrogens with zero attached hydrogens (tertiary/aromatic N) is 2. The highest BCUT2D eigenvalue weighted by atomic mass is 16.2. The molecule has 1 N–H and O–H groups in total. The van der Waals surface area contributed by atoms with Crippen LogP contribution in [0.4, 0.5) is 0 Å². The minimum absolute atomic E-state index is 0.0923. The number of rotatable bonds is 5. The Morgan fingerprint density at radius 1 is 1.33 bits per heavy atom. The van der Waals surface area contributed by atoms with E-state index >= 15 is 0 Å². The molecule has 0 aliphatic heterocycles.